The van der Waals surface area contributed by atoms with Gasteiger partial charge in [-0.2, -0.15) is 0 Å². The summed E-state index contributed by atoms with van der Waals surface area (Å²) >= 11 is 0. The fourth-order valence-electron chi connectivity index (χ4n) is 2.45. The molecule has 0 spiro atoms. The van der Waals surface area contributed by atoms with Crippen LogP contribution in [-0.2, 0) is 6.54 Å². The van der Waals surface area contributed by atoms with Gasteiger partial charge in [0.05, 0.1) is 16.6 Å². The van der Waals surface area contributed by atoms with Gasteiger partial charge in [0.25, 0.3) is 0 Å². The molecule has 2 aromatic carbocycles. The molecule has 0 atom stereocenters. The fourth-order valence-corrected chi connectivity index (χ4v) is 2.45. The molecule has 5 heteroatoms. The van der Waals surface area contributed by atoms with Gasteiger partial charge < -0.3 is 9.67 Å². The van der Waals surface area contributed by atoms with Crippen molar-refractivity contribution in [3.63, 3.8) is 0 Å². The van der Waals surface area contributed by atoms with Crippen LogP contribution in [0.15, 0.2) is 36.4 Å². The molecule has 1 aromatic heterocycles. The van der Waals surface area contributed by atoms with Gasteiger partial charge in [-0.15, -0.1) is 0 Å². The normalized spacial score (nSPS) is 11.2. The molecule has 3 nitrogen and oxygen atoms in total. The summed E-state index contributed by atoms with van der Waals surface area (Å²) < 4.78 is 28.7. The maximum Gasteiger partial charge on any atom is 0.144 e. The number of imidazole rings is 1. The summed E-state index contributed by atoms with van der Waals surface area (Å²) in [5.74, 6) is -0.443. The number of aromatic hydroxyl groups is 1. The fraction of sp³-hybridized carbons (Fsp3) is 0.188. The average Bonchev–Trinajstić information content (AvgIpc) is 2.80. The minimum atomic E-state index is -0.455. The molecule has 0 amide bonds. The highest BCUT2D eigenvalue weighted by Gasteiger charge is 2.16. The topological polar surface area (TPSA) is 38.0 Å². The standard InChI is InChI=1S/C16H14F2N2O/c1-2-7-20-14-5-3-11(18)9-13(14)19-16(20)12-8-10(17)4-6-15(12)21/h3-6,8-9,21H,2,7H2,1H3. The van der Waals surface area contributed by atoms with Crippen LogP contribution < -0.4 is 0 Å². The molecule has 0 radical (unpaired) electrons. The Morgan fingerprint density at radius 2 is 1.81 bits per heavy atom. The van der Waals surface area contributed by atoms with E-state index in [0.29, 0.717) is 23.4 Å². The minimum Gasteiger partial charge on any atom is -0.507 e. The predicted octanol–water partition coefficient (Wildman–Crippen LogP) is 4.10. The molecule has 0 aliphatic rings. The number of hydrogen-bond acceptors (Lipinski definition) is 2. The van der Waals surface area contributed by atoms with Gasteiger partial charge in [0.1, 0.15) is 23.2 Å². The Hall–Kier alpha value is -2.43. The molecule has 0 unspecified atom stereocenters. The van der Waals surface area contributed by atoms with Crippen LogP contribution in [-0.4, -0.2) is 14.7 Å². The zero-order valence-corrected chi connectivity index (χ0v) is 11.5. The molecular weight excluding hydrogens is 274 g/mol. The molecule has 0 saturated heterocycles. The number of nitrogens with zero attached hydrogens (tertiary/aromatic N) is 2. The molecule has 0 aliphatic heterocycles. The SMILES string of the molecule is CCCn1c(-c2cc(F)ccc2O)nc2cc(F)ccc21. The first kappa shape index (κ1) is 13.5. The third-order valence-electron chi connectivity index (χ3n) is 3.36. The van der Waals surface area contributed by atoms with Crippen LogP contribution in [0.2, 0.25) is 0 Å². The Balaban J connectivity index is 2.30. The van der Waals surface area contributed by atoms with E-state index >= 15 is 0 Å². The number of phenols is 1. The highest BCUT2D eigenvalue weighted by atomic mass is 19.1. The largest absolute Gasteiger partial charge is 0.507 e. The summed E-state index contributed by atoms with van der Waals surface area (Å²) in [7, 11) is 0. The lowest BCUT2D eigenvalue weighted by Crippen LogP contribution is -2.00. The van der Waals surface area contributed by atoms with Crippen molar-refractivity contribution in [3.05, 3.63) is 48.0 Å². The van der Waals surface area contributed by atoms with Crippen LogP contribution in [0.3, 0.4) is 0 Å². The van der Waals surface area contributed by atoms with Crippen molar-refractivity contribution in [2.24, 2.45) is 0 Å². The summed E-state index contributed by atoms with van der Waals surface area (Å²) in [5.41, 5.74) is 1.55. The third-order valence-corrected chi connectivity index (χ3v) is 3.36. The maximum atomic E-state index is 13.5. The first-order valence-electron chi connectivity index (χ1n) is 6.75. The number of phenolic OH excluding ortho intramolecular Hbond substituents is 1. The zero-order chi connectivity index (χ0) is 15.0. The molecular formula is C16H14F2N2O. The summed E-state index contributed by atoms with van der Waals surface area (Å²) in [6, 6.07) is 8.06. The zero-order valence-electron chi connectivity index (χ0n) is 11.5. The quantitative estimate of drug-likeness (QED) is 0.788. The smallest absolute Gasteiger partial charge is 0.144 e. The van der Waals surface area contributed by atoms with Gasteiger partial charge in [-0.3, -0.25) is 0 Å². The van der Waals surface area contributed by atoms with Gasteiger partial charge in [0, 0.05) is 12.6 Å². The van der Waals surface area contributed by atoms with E-state index in [1.807, 2.05) is 11.5 Å². The van der Waals surface area contributed by atoms with Crippen LogP contribution in [0.5, 0.6) is 5.75 Å². The van der Waals surface area contributed by atoms with Gasteiger partial charge in [-0.1, -0.05) is 6.92 Å². The minimum absolute atomic E-state index is 0.0514. The van der Waals surface area contributed by atoms with E-state index in [0.717, 1.165) is 11.9 Å². The molecule has 3 rings (SSSR count). The molecule has 21 heavy (non-hydrogen) atoms. The number of benzene rings is 2. The summed E-state index contributed by atoms with van der Waals surface area (Å²) in [6.45, 7) is 2.65. The second-order valence-corrected chi connectivity index (χ2v) is 4.88. The molecule has 1 heterocycles. The summed E-state index contributed by atoms with van der Waals surface area (Å²) in [4.78, 5) is 4.36. The van der Waals surface area contributed by atoms with Crippen LogP contribution >= 0.6 is 0 Å². The number of fused-ring (bicyclic) bond motifs is 1. The van der Waals surface area contributed by atoms with Crippen molar-refractivity contribution in [2.75, 3.05) is 0 Å². The highest BCUT2D eigenvalue weighted by Crippen LogP contribution is 2.32. The second-order valence-electron chi connectivity index (χ2n) is 4.88. The Labute approximate surface area is 120 Å². The van der Waals surface area contributed by atoms with E-state index in [9.17, 15) is 13.9 Å². The van der Waals surface area contributed by atoms with E-state index in [-0.39, 0.29) is 11.6 Å². The van der Waals surface area contributed by atoms with Crippen molar-refractivity contribution in [1.29, 1.82) is 0 Å². The van der Waals surface area contributed by atoms with E-state index < -0.39 is 5.82 Å². The number of hydrogen-bond donors (Lipinski definition) is 1. The molecule has 108 valence electrons. The van der Waals surface area contributed by atoms with E-state index in [4.69, 9.17) is 0 Å². The first-order valence-corrected chi connectivity index (χ1v) is 6.75. The Morgan fingerprint density at radius 1 is 1.10 bits per heavy atom. The number of halogens is 2. The van der Waals surface area contributed by atoms with Crippen LogP contribution in [0.25, 0.3) is 22.4 Å². The third kappa shape index (κ3) is 2.35. The van der Waals surface area contributed by atoms with Crippen molar-refractivity contribution in [1.82, 2.24) is 9.55 Å². The van der Waals surface area contributed by atoms with Crippen molar-refractivity contribution < 1.29 is 13.9 Å². The Morgan fingerprint density at radius 3 is 2.57 bits per heavy atom. The number of aromatic nitrogens is 2. The first-order chi connectivity index (χ1) is 10.1. The number of rotatable bonds is 3. The lowest BCUT2D eigenvalue weighted by molar-refractivity contribution is 0.474. The van der Waals surface area contributed by atoms with Crippen LogP contribution in [0.1, 0.15) is 13.3 Å². The molecule has 0 bridgehead atoms. The van der Waals surface area contributed by atoms with Crippen LogP contribution in [0.4, 0.5) is 8.78 Å². The van der Waals surface area contributed by atoms with E-state index in [1.165, 1.54) is 30.3 Å². The maximum absolute atomic E-state index is 13.5. The molecule has 1 N–H and O–H groups in total. The molecule has 0 saturated carbocycles. The summed E-state index contributed by atoms with van der Waals surface area (Å²) in [6.07, 6.45) is 0.839. The van der Waals surface area contributed by atoms with Gasteiger partial charge in [0.2, 0.25) is 0 Å². The van der Waals surface area contributed by atoms with E-state index in [1.54, 1.807) is 6.07 Å². The highest BCUT2D eigenvalue weighted by molar-refractivity contribution is 5.82. The van der Waals surface area contributed by atoms with Gasteiger partial charge in [0.15, 0.2) is 0 Å². The van der Waals surface area contributed by atoms with Gasteiger partial charge in [-0.05, 0) is 36.8 Å². The second kappa shape index (κ2) is 5.16. The van der Waals surface area contributed by atoms with E-state index in [2.05, 4.69) is 4.98 Å². The molecule has 3 aromatic rings. The average molecular weight is 288 g/mol. The van der Waals surface area contributed by atoms with Gasteiger partial charge >= 0.3 is 0 Å². The molecule has 0 aliphatic carbocycles. The van der Waals surface area contributed by atoms with Gasteiger partial charge in [-0.25, -0.2) is 13.8 Å². The Bertz CT molecular complexity index is 811. The van der Waals surface area contributed by atoms with Crippen molar-refractivity contribution in [2.45, 2.75) is 19.9 Å². The van der Waals surface area contributed by atoms with Crippen molar-refractivity contribution >= 4 is 11.0 Å². The molecule has 0 fully saturated rings. The monoisotopic (exact) mass is 288 g/mol. The predicted molar refractivity (Wildman–Crippen MR) is 77.0 cm³/mol. The lowest BCUT2D eigenvalue weighted by atomic mass is 10.2. The number of aryl methyl sites for hydroxylation is 1. The van der Waals surface area contributed by atoms with Crippen molar-refractivity contribution in [3.8, 4) is 17.1 Å². The lowest BCUT2D eigenvalue weighted by Gasteiger charge is -2.09. The summed E-state index contributed by atoms with van der Waals surface area (Å²) in [5, 5.41) is 9.97. The van der Waals surface area contributed by atoms with Crippen LogP contribution in [0, 0.1) is 11.6 Å². The Kier molecular flexibility index (Phi) is 3.33.